The van der Waals surface area contributed by atoms with Crippen LogP contribution in [-0.2, 0) is 6.61 Å². The van der Waals surface area contributed by atoms with Gasteiger partial charge in [-0.2, -0.15) is 4.98 Å². The van der Waals surface area contributed by atoms with Gasteiger partial charge < -0.3 is 14.2 Å². The molecule has 2 heterocycles. The summed E-state index contributed by atoms with van der Waals surface area (Å²) in [5.74, 6) is 0.590. The third-order valence-corrected chi connectivity index (χ3v) is 2.02. The maximum absolute atomic E-state index is 8.84. The summed E-state index contributed by atoms with van der Waals surface area (Å²) in [5.41, 5.74) is 0.625. The highest BCUT2D eigenvalue weighted by Crippen LogP contribution is 2.13. The van der Waals surface area contributed by atoms with E-state index in [9.17, 15) is 0 Å². The molecule has 2 rings (SSSR count). The minimum absolute atomic E-state index is 0.0402. The zero-order valence-electron chi connectivity index (χ0n) is 7.66. The molecule has 1 atom stereocenters. The van der Waals surface area contributed by atoms with Crippen LogP contribution in [0.5, 0.6) is 0 Å². The monoisotopic (exact) mass is 194 g/mol. The van der Waals surface area contributed by atoms with E-state index in [1.807, 2.05) is 11.5 Å². The van der Waals surface area contributed by atoms with Crippen LogP contribution in [0, 0.1) is 0 Å². The quantitative estimate of drug-likeness (QED) is 0.763. The Balaban J connectivity index is 2.23. The van der Waals surface area contributed by atoms with Crippen molar-refractivity contribution in [1.82, 2.24) is 19.7 Å². The maximum atomic E-state index is 8.84. The minimum atomic E-state index is -0.0635. The molecule has 0 aliphatic heterocycles. The first kappa shape index (κ1) is 8.89. The summed E-state index contributed by atoms with van der Waals surface area (Å²) in [6.45, 7) is 1.86. The van der Waals surface area contributed by atoms with Gasteiger partial charge in [-0.1, -0.05) is 5.16 Å². The number of aliphatic hydroxyl groups is 1. The summed E-state index contributed by atoms with van der Waals surface area (Å²) in [7, 11) is 0. The van der Waals surface area contributed by atoms with E-state index < -0.39 is 0 Å². The SMILES string of the molecule is CC(c1ncon1)n1cnc(CO)c1. The first-order chi connectivity index (χ1) is 6.81. The number of aromatic nitrogens is 4. The van der Waals surface area contributed by atoms with Crippen LogP contribution in [0.4, 0.5) is 0 Å². The molecule has 0 spiro atoms. The fraction of sp³-hybridized carbons (Fsp3) is 0.375. The van der Waals surface area contributed by atoms with Crippen LogP contribution in [0.15, 0.2) is 23.4 Å². The van der Waals surface area contributed by atoms with Gasteiger partial charge in [-0.15, -0.1) is 0 Å². The Morgan fingerprint density at radius 1 is 1.57 bits per heavy atom. The number of imidazole rings is 1. The van der Waals surface area contributed by atoms with Gasteiger partial charge in [0.2, 0.25) is 6.39 Å². The largest absolute Gasteiger partial charge is 0.390 e. The molecule has 6 nitrogen and oxygen atoms in total. The lowest BCUT2D eigenvalue weighted by Crippen LogP contribution is -2.06. The Morgan fingerprint density at radius 3 is 3.00 bits per heavy atom. The van der Waals surface area contributed by atoms with Gasteiger partial charge >= 0.3 is 0 Å². The van der Waals surface area contributed by atoms with Gasteiger partial charge in [0.25, 0.3) is 0 Å². The Labute approximate surface area is 80.2 Å². The van der Waals surface area contributed by atoms with E-state index in [0.29, 0.717) is 11.5 Å². The van der Waals surface area contributed by atoms with Crippen LogP contribution in [0.3, 0.4) is 0 Å². The van der Waals surface area contributed by atoms with Crippen LogP contribution >= 0.6 is 0 Å². The zero-order valence-corrected chi connectivity index (χ0v) is 7.66. The van der Waals surface area contributed by atoms with E-state index >= 15 is 0 Å². The second-order valence-corrected chi connectivity index (χ2v) is 2.94. The van der Waals surface area contributed by atoms with Gasteiger partial charge in [-0.3, -0.25) is 0 Å². The second-order valence-electron chi connectivity index (χ2n) is 2.94. The normalized spacial score (nSPS) is 13.0. The lowest BCUT2D eigenvalue weighted by molar-refractivity contribution is 0.277. The molecule has 74 valence electrons. The molecule has 14 heavy (non-hydrogen) atoms. The number of aliphatic hydroxyl groups excluding tert-OH is 1. The number of nitrogens with zero attached hydrogens (tertiary/aromatic N) is 4. The molecule has 0 aromatic carbocycles. The second kappa shape index (κ2) is 3.59. The zero-order chi connectivity index (χ0) is 9.97. The van der Waals surface area contributed by atoms with Crippen molar-refractivity contribution in [2.24, 2.45) is 0 Å². The molecule has 0 bridgehead atoms. The lowest BCUT2D eigenvalue weighted by atomic mass is 10.3. The molecule has 0 saturated heterocycles. The predicted molar refractivity (Wildman–Crippen MR) is 46.3 cm³/mol. The Hall–Kier alpha value is -1.69. The molecule has 1 N–H and O–H groups in total. The third kappa shape index (κ3) is 1.51. The van der Waals surface area contributed by atoms with E-state index in [1.165, 1.54) is 6.39 Å². The van der Waals surface area contributed by atoms with E-state index in [1.54, 1.807) is 12.5 Å². The molecule has 0 saturated carbocycles. The third-order valence-electron chi connectivity index (χ3n) is 2.02. The first-order valence-electron chi connectivity index (χ1n) is 4.20. The fourth-order valence-electron chi connectivity index (χ4n) is 1.17. The van der Waals surface area contributed by atoms with Crippen molar-refractivity contribution in [3.8, 4) is 0 Å². The summed E-state index contributed by atoms with van der Waals surface area (Å²) in [6, 6.07) is -0.0402. The van der Waals surface area contributed by atoms with Crippen LogP contribution in [-0.4, -0.2) is 24.8 Å². The van der Waals surface area contributed by atoms with E-state index in [4.69, 9.17) is 5.11 Å². The average Bonchev–Trinajstić information content (AvgIpc) is 2.88. The highest BCUT2D eigenvalue weighted by molar-refractivity contribution is 5.00. The maximum Gasteiger partial charge on any atom is 0.213 e. The average molecular weight is 194 g/mol. The van der Waals surface area contributed by atoms with Crippen LogP contribution < -0.4 is 0 Å². The van der Waals surface area contributed by atoms with Crippen molar-refractivity contribution in [1.29, 1.82) is 0 Å². The van der Waals surface area contributed by atoms with Gasteiger partial charge in [0.15, 0.2) is 5.82 Å². The number of hydrogen-bond acceptors (Lipinski definition) is 5. The standard InChI is InChI=1S/C8H10N4O2/c1-6(8-10-5-14-11-8)12-2-7(3-13)9-4-12/h2,4-6,13H,3H2,1H3. The molecule has 0 aliphatic rings. The van der Waals surface area contributed by atoms with Crippen molar-refractivity contribution in [3.05, 3.63) is 30.4 Å². The minimum Gasteiger partial charge on any atom is -0.390 e. The summed E-state index contributed by atoms with van der Waals surface area (Å²) in [6.07, 6.45) is 4.67. The molecule has 2 aromatic heterocycles. The van der Waals surface area contributed by atoms with Gasteiger partial charge in [0.1, 0.15) is 0 Å². The van der Waals surface area contributed by atoms with Crippen molar-refractivity contribution in [2.75, 3.05) is 0 Å². The van der Waals surface area contributed by atoms with Crippen LogP contribution in [0.2, 0.25) is 0 Å². The Morgan fingerprint density at radius 2 is 2.43 bits per heavy atom. The van der Waals surface area contributed by atoms with E-state index in [-0.39, 0.29) is 12.6 Å². The van der Waals surface area contributed by atoms with E-state index in [2.05, 4.69) is 19.6 Å². The molecular weight excluding hydrogens is 184 g/mol. The summed E-state index contributed by atoms with van der Waals surface area (Å²) in [5, 5.41) is 12.6. The molecule has 0 radical (unpaired) electrons. The van der Waals surface area contributed by atoms with Crippen molar-refractivity contribution >= 4 is 0 Å². The van der Waals surface area contributed by atoms with Crippen molar-refractivity contribution in [3.63, 3.8) is 0 Å². The summed E-state index contributed by atoms with van der Waals surface area (Å²) in [4.78, 5) is 7.93. The number of rotatable bonds is 3. The van der Waals surface area contributed by atoms with Crippen molar-refractivity contribution in [2.45, 2.75) is 19.6 Å². The molecule has 0 amide bonds. The van der Waals surface area contributed by atoms with Crippen molar-refractivity contribution < 1.29 is 9.63 Å². The molecule has 1 unspecified atom stereocenters. The lowest BCUT2D eigenvalue weighted by Gasteiger charge is -2.06. The van der Waals surface area contributed by atoms with Gasteiger partial charge in [0, 0.05) is 6.20 Å². The smallest absolute Gasteiger partial charge is 0.213 e. The Kier molecular flexibility index (Phi) is 2.28. The highest BCUT2D eigenvalue weighted by atomic mass is 16.5. The summed E-state index contributed by atoms with van der Waals surface area (Å²) >= 11 is 0. The topological polar surface area (TPSA) is 77.0 Å². The van der Waals surface area contributed by atoms with Gasteiger partial charge in [-0.25, -0.2) is 4.98 Å². The fourth-order valence-corrected chi connectivity index (χ4v) is 1.17. The molecule has 2 aromatic rings. The molecule has 0 aliphatic carbocycles. The van der Waals surface area contributed by atoms with Gasteiger partial charge in [-0.05, 0) is 6.92 Å². The van der Waals surface area contributed by atoms with Gasteiger partial charge in [0.05, 0.1) is 24.7 Å². The molecular formula is C8H10N4O2. The van der Waals surface area contributed by atoms with Crippen LogP contribution in [0.1, 0.15) is 24.5 Å². The highest BCUT2D eigenvalue weighted by Gasteiger charge is 2.12. The molecule has 6 heteroatoms. The number of hydrogen-bond donors (Lipinski definition) is 1. The molecule has 0 fully saturated rings. The van der Waals surface area contributed by atoms with Crippen LogP contribution in [0.25, 0.3) is 0 Å². The predicted octanol–water partition coefficient (Wildman–Crippen LogP) is 0.368. The summed E-state index contributed by atoms with van der Waals surface area (Å²) < 4.78 is 6.46. The Bertz CT molecular complexity index is 395. The first-order valence-corrected chi connectivity index (χ1v) is 4.20. The van der Waals surface area contributed by atoms with E-state index in [0.717, 1.165) is 0 Å².